The molecule has 0 spiro atoms. The van der Waals surface area contributed by atoms with E-state index >= 15 is 0 Å². The Morgan fingerprint density at radius 1 is 1.29 bits per heavy atom. The highest BCUT2D eigenvalue weighted by Gasteiger charge is 2.38. The number of esters is 1. The fourth-order valence-electron chi connectivity index (χ4n) is 2.19. The molecule has 0 bridgehead atoms. The number of aromatic nitrogens is 1. The summed E-state index contributed by atoms with van der Waals surface area (Å²) in [5.74, 6) is -2.61. The van der Waals surface area contributed by atoms with E-state index in [2.05, 4.69) is 19.9 Å². The second kappa shape index (κ2) is 8.71. The van der Waals surface area contributed by atoms with E-state index in [9.17, 15) is 22.8 Å². The lowest BCUT2D eigenvalue weighted by molar-refractivity contribution is -0.143. The highest BCUT2D eigenvalue weighted by Crippen LogP contribution is 2.32. The van der Waals surface area contributed by atoms with Gasteiger partial charge in [-0.25, -0.2) is 16.4 Å². The molecule has 6 nitrogen and oxygen atoms in total. The van der Waals surface area contributed by atoms with E-state index in [1.54, 1.807) is 12.1 Å². The van der Waals surface area contributed by atoms with E-state index in [0.29, 0.717) is 6.07 Å². The number of carbonyl (C=O) groups is 2. The first-order chi connectivity index (χ1) is 13.2. The Morgan fingerprint density at radius 3 is 2.54 bits per heavy atom. The van der Waals surface area contributed by atoms with Crippen LogP contribution in [0.3, 0.4) is 0 Å². The Bertz CT molecular complexity index is 942. The number of ether oxygens (including phenoxy) is 1. The van der Waals surface area contributed by atoms with Crippen LogP contribution in [-0.2, 0) is 15.7 Å². The largest absolute Gasteiger partial charge is 0.460 e. The molecule has 10 heteroatoms. The van der Waals surface area contributed by atoms with Gasteiger partial charge < -0.3 is 10.1 Å². The van der Waals surface area contributed by atoms with Crippen LogP contribution >= 0.6 is 11.6 Å². The maximum absolute atomic E-state index is 13.0. The molecule has 0 aliphatic carbocycles. The molecule has 0 fully saturated rings. The third kappa shape index (κ3) is 4.78. The van der Waals surface area contributed by atoms with Gasteiger partial charge in [-0.05, 0) is 31.2 Å². The van der Waals surface area contributed by atoms with Crippen molar-refractivity contribution < 1.29 is 27.5 Å². The second-order valence-electron chi connectivity index (χ2n) is 5.34. The van der Waals surface area contributed by atoms with Gasteiger partial charge >= 0.3 is 18.2 Å². The second-order valence-corrected chi connectivity index (χ2v) is 5.75. The normalized spacial score (nSPS) is 12.0. The topological polar surface area (TPSA) is 72.7 Å². The molecule has 1 atom stereocenters. The van der Waals surface area contributed by atoms with Gasteiger partial charge in [0.15, 0.2) is 0 Å². The molecule has 146 valence electrons. The van der Waals surface area contributed by atoms with Gasteiger partial charge in [-0.1, -0.05) is 23.7 Å². The lowest BCUT2D eigenvalue weighted by Crippen LogP contribution is -2.30. The average molecular weight is 412 g/mol. The highest BCUT2D eigenvalue weighted by molar-refractivity contribution is 6.33. The molecule has 1 unspecified atom stereocenters. The van der Waals surface area contributed by atoms with E-state index in [-0.39, 0.29) is 22.9 Å². The molecule has 0 radical (unpaired) electrons. The van der Waals surface area contributed by atoms with Crippen LogP contribution in [-0.4, -0.2) is 29.4 Å². The average Bonchev–Trinajstić information content (AvgIpc) is 2.63. The van der Waals surface area contributed by atoms with Crippen molar-refractivity contribution >= 4 is 34.9 Å². The Hall–Kier alpha value is -3.12. The molecule has 1 heterocycles. The predicted molar refractivity (Wildman–Crippen MR) is 95.3 cm³/mol. The predicted octanol–water partition coefficient (Wildman–Crippen LogP) is 4.53. The number of anilines is 2. The number of hydrogen-bond acceptors (Lipinski definition) is 5. The van der Waals surface area contributed by atoms with Crippen molar-refractivity contribution in [1.82, 2.24) is 4.98 Å². The molecule has 2 rings (SSSR count). The third-order valence-electron chi connectivity index (χ3n) is 3.47. The van der Waals surface area contributed by atoms with Crippen molar-refractivity contribution in [2.45, 2.75) is 19.1 Å². The van der Waals surface area contributed by atoms with E-state index in [1.807, 2.05) is 0 Å². The minimum absolute atomic E-state index is 0.0614. The number of pyridine rings is 1. The fourth-order valence-corrected chi connectivity index (χ4v) is 2.37. The summed E-state index contributed by atoms with van der Waals surface area (Å²) in [5.41, 5.74) is -1.43. The molecule has 1 aromatic heterocycles. The van der Waals surface area contributed by atoms with Gasteiger partial charge in [-0.3, -0.25) is 9.64 Å². The van der Waals surface area contributed by atoms with E-state index in [1.165, 1.54) is 19.1 Å². The molecule has 28 heavy (non-hydrogen) atoms. The van der Waals surface area contributed by atoms with Gasteiger partial charge in [0.05, 0.1) is 22.9 Å². The number of rotatable bonds is 6. The number of halogens is 4. The minimum Gasteiger partial charge on any atom is -0.460 e. The maximum atomic E-state index is 13.0. The molecular weight excluding hydrogens is 399 g/mol. The number of ketones is 1. The van der Waals surface area contributed by atoms with Crippen LogP contribution < -0.4 is 5.32 Å². The summed E-state index contributed by atoms with van der Waals surface area (Å²) in [4.78, 5) is 30.9. The molecule has 0 aliphatic rings. The number of Topliss-reactive ketones (excluding diaryl/α,β-unsaturated/α-hetero) is 1. The number of nitrogens with one attached hydrogen (secondary N) is 1. The van der Waals surface area contributed by atoms with E-state index in [4.69, 9.17) is 18.2 Å². The monoisotopic (exact) mass is 411 g/mol. The Balaban J connectivity index is 2.54. The van der Waals surface area contributed by atoms with Gasteiger partial charge in [0.1, 0.15) is 11.5 Å². The standard InChI is InChI=1S/C18H13ClF3N3O3/c1-3-28-17(27)14(23-2)15(26)10-8-9-13(18(20,21)22)25-16(10)24-12-7-5-4-6-11(12)19/h4-9,14H,3H2,1H3,(H,24,25). The third-order valence-corrected chi connectivity index (χ3v) is 3.79. The summed E-state index contributed by atoms with van der Waals surface area (Å²) in [7, 11) is 0. The number of nitrogens with zero attached hydrogens (tertiary/aromatic N) is 2. The summed E-state index contributed by atoms with van der Waals surface area (Å²) in [6, 6.07) is 5.73. The summed E-state index contributed by atoms with van der Waals surface area (Å²) in [5, 5.41) is 2.74. The van der Waals surface area contributed by atoms with Crippen LogP contribution in [0.4, 0.5) is 24.7 Å². The summed E-state index contributed by atoms with van der Waals surface area (Å²) in [6.07, 6.45) is -4.77. The fraction of sp³-hybridized carbons (Fsp3) is 0.222. The number of carbonyl (C=O) groups excluding carboxylic acids is 2. The van der Waals surface area contributed by atoms with Gasteiger partial charge in [0, 0.05) is 0 Å². The molecule has 0 saturated heterocycles. The zero-order chi connectivity index (χ0) is 20.9. The number of para-hydroxylation sites is 1. The summed E-state index contributed by atoms with van der Waals surface area (Å²) >= 11 is 6.00. The number of benzene rings is 1. The molecule has 0 saturated carbocycles. The van der Waals surface area contributed by atoms with Crippen molar-refractivity contribution in [2.24, 2.45) is 0 Å². The van der Waals surface area contributed by atoms with Crippen LogP contribution in [0.1, 0.15) is 23.0 Å². The Labute approximate surface area is 163 Å². The molecule has 2 aromatic rings. The van der Waals surface area contributed by atoms with Gasteiger partial charge in [0.2, 0.25) is 0 Å². The number of hydrogen-bond donors (Lipinski definition) is 1. The molecule has 1 N–H and O–H groups in total. The maximum Gasteiger partial charge on any atom is 0.433 e. The first-order valence-electron chi connectivity index (χ1n) is 7.86. The van der Waals surface area contributed by atoms with Crippen LogP contribution in [0.25, 0.3) is 4.85 Å². The Kier molecular flexibility index (Phi) is 6.59. The number of alkyl halides is 3. The first kappa shape index (κ1) is 21.2. The van der Waals surface area contributed by atoms with Crippen LogP contribution in [0, 0.1) is 6.57 Å². The van der Waals surface area contributed by atoms with Gasteiger partial charge in [0.25, 0.3) is 5.78 Å². The highest BCUT2D eigenvalue weighted by atomic mass is 35.5. The zero-order valence-corrected chi connectivity index (χ0v) is 15.1. The molecule has 1 aromatic carbocycles. The van der Waals surface area contributed by atoms with Crippen LogP contribution in [0.2, 0.25) is 5.02 Å². The van der Waals surface area contributed by atoms with Crippen LogP contribution in [0.5, 0.6) is 0 Å². The van der Waals surface area contributed by atoms with Crippen molar-refractivity contribution in [1.29, 1.82) is 0 Å². The smallest absolute Gasteiger partial charge is 0.433 e. The van der Waals surface area contributed by atoms with E-state index < -0.39 is 35.5 Å². The molecular formula is C18H13ClF3N3O3. The van der Waals surface area contributed by atoms with Crippen molar-refractivity contribution in [3.8, 4) is 0 Å². The van der Waals surface area contributed by atoms with Crippen molar-refractivity contribution in [3.63, 3.8) is 0 Å². The lowest BCUT2D eigenvalue weighted by atomic mass is 10.0. The van der Waals surface area contributed by atoms with Crippen molar-refractivity contribution in [2.75, 3.05) is 11.9 Å². The van der Waals surface area contributed by atoms with Gasteiger partial charge in [-0.2, -0.15) is 13.2 Å². The zero-order valence-electron chi connectivity index (χ0n) is 14.4. The van der Waals surface area contributed by atoms with Crippen molar-refractivity contribution in [3.05, 3.63) is 64.1 Å². The first-order valence-corrected chi connectivity index (χ1v) is 8.24. The summed E-state index contributed by atoms with van der Waals surface area (Å²) < 4.78 is 43.8. The van der Waals surface area contributed by atoms with Crippen LogP contribution in [0.15, 0.2) is 36.4 Å². The lowest BCUT2D eigenvalue weighted by Gasteiger charge is -2.14. The summed E-state index contributed by atoms with van der Waals surface area (Å²) in [6.45, 7) is 8.51. The van der Waals surface area contributed by atoms with E-state index in [0.717, 1.165) is 6.07 Å². The molecule has 0 amide bonds. The van der Waals surface area contributed by atoms with Gasteiger partial charge in [-0.15, -0.1) is 0 Å². The quantitative estimate of drug-likeness (QED) is 0.327. The SMILES string of the molecule is [C-]#[N+]C(C(=O)OCC)C(=O)c1ccc(C(F)(F)F)nc1Nc1ccccc1Cl. The molecule has 0 aliphatic heterocycles. The Morgan fingerprint density at radius 2 is 1.96 bits per heavy atom. The minimum atomic E-state index is -4.77.